The van der Waals surface area contributed by atoms with E-state index >= 15 is 0 Å². The number of non-ortho nitro benzene ring substituents is 1. The van der Waals surface area contributed by atoms with E-state index in [2.05, 4.69) is 4.98 Å². The molecule has 4 rings (SSSR count). The van der Waals surface area contributed by atoms with Crippen molar-refractivity contribution >= 4 is 16.7 Å². The van der Waals surface area contributed by atoms with Crippen LogP contribution in [-0.4, -0.2) is 33.0 Å². The molecule has 2 heterocycles. The van der Waals surface area contributed by atoms with Gasteiger partial charge in [-0.05, 0) is 12.1 Å². The molecule has 122 valence electrons. The fraction of sp³-hybridized carbons (Fsp3) is 0.188. The Bertz CT molecular complexity index is 933. The number of imidazole rings is 1. The van der Waals surface area contributed by atoms with Crippen LogP contribution in [0.1, 0.15) is 0 Å². The summed E-state index contributed by atoms with van der Waals surface area (Å²) in [5.74, 6) is 1.89. The number of fused-ring (bicyclic) bond motifs is 2. The van der Waals surface area contributed by atoms with E-state index in [1.165, 1.54) is 12.1 Å². The fourth-order valence-electron chi connectivity index (χ4n) is 2.79. The van der Waals surface area contributed by atoms with Crippen molar-refractivity contribution in [3.05, 3.63) is 46.5 Å². The molecule has 0 radical (unpaired) electrons. The molecule has 0 saturated carbocycles. The third-order valence-corrected chi connectivity index (χ3v) is 3.90. The molecule has 0 amide bonds. The Morgan fingerprint density at radius 1 is 1.21 bits per heavy atom. The number of ether oxygens (including phenoxy) is 2. The highest BCUT2D eigenvalue weighted by molar-refractivity contribution is 5.84. The summed E-state index contributed by atoms with van der Waals surface area (Å²) in [5.41, 5.74) is 2.26. The Hall–Kier alpha value is -3.13. The number of hydrogen-bond donors (Lipinski definition) is 1. The van der Waals surface area contributed by atoms with E-state index < -0.39 is 4.92 Å². The molecule has 3 aromatic rings. The largest absolute Gasteiger partial charge is 0.454 e. The van der Waals surface area contributed by atoms with Crippen LogP contribution in [0.25, 0.3) is 22.4 Å². The summed E-state index contributed by atoms with van der Waals surface area (Å²) in [6, 6.07) is 9.78. The van der Waals surface area contributed by atoms with Gasteiger partial charge in [-0.3, -0.25) is 10.1 Å². The lowest BCUT2D eigenvalue weighted by Crippen LogP contribution is -2.04. The molecule has 24 heavy (non-hydrogen) atoms. The van der Waals surface area contributed by atoms with E-state index in [4.69, 9.17) is 9.47 Å². The van der Waals surface area contributed by atoms with E-state index in [-0.39, 0.29) is 19.1 Å². The van der Waals surface area contributed by atoms with Crippen LogP contribution in [0, 0.1) is 10.1 Å². The van der Waals surface area contributed by atoms with Crippen molar-refractivity contribution in [3.8, 4) is 22.9 Å². The van der Waals surface area contributed by atoms with Crippen LogP contribution in [0.4, 0.5) is 5.69 Å². The van der Waals surface area contributed by atoms with Gasteiger partial charge in [0, 0.05) is 36.4 Å². The van der Waals surface area contributed by atoms with Crippen molar-refractivity contribution < 1.29 is 19.5 Å². The number of nitro groups is 1. The maximum absolute atomic E-state index is 10.8. The molecule has 1 aliphatic heterocycles. The van der Waals surface area contributed by atoms with Crippen molar-refractivity contribution in [3.63, 3.8) is 0 Å². The number of aliphatic hydroxyl groups excluding tert-OH is 1. The van der Waals surface area contributed by atoms with E-state index in [0.29, 0.717) is 29.4 Å². The van der Waals surface area contributed by atoms with Crippen molar-refractivity contribution in [2.45, 2.75) is 6.54 Å². The summed E-state index contributed by atoms with van der Waals surface area (Å²) >= 11 is 0. The normalized spacial score (nSPS) is 12.7. The van der Waals surface area contributed by atoms with Crippen molar-refractivity contribution in [2.75, 3.05) is 13.4 Å². The Labute approximate surface area is 136 Å². The van der Waals surface area contributed by atoms with E-state index in [1.54, 1.807) is 18.2 Å². The Balaban J connectivity index is 1.87. The maximum atomic E-state index is 10.8. The number of nitrogens with zero attached hydrogens (tertiary/aromatic N) is 3. The van der Waals surface area contributed by atoms with Gasteiger partial charge in [-0.25, -0.2) is 4.98 Å². The number of aromatic nitrogens is 2. The summed E-state index contributed by atoms with van der Waals surface area (Å²) in [5, 5.41) is 20.2. The van der Waals surface area contributed by atoms with Crippen LogP contribution in [0.15, 0.2) is 36.4 Å². The number of nitro benzene ring substituents is 1. The SMILES string of the molecule is O=[N+]([O-])c1ccc(-c2nc3cc4c(cc3n2CCO)OCO4)cc1. The summed E-state index contributed by atoms with van der Waals surface area (Å²) in [6.45, 7) is 0.472. The number of hydrogen-bond acceptors (Lipinski definition) is 6. The zero-order valence-electron chi connectivity index (χ0n) is 12.5. The predicted molar refractivity (Wildman–Crippen MR) is 85.0 cm³/mol. The van der Waals surface area contributed by atoms with Gasteiger partial charge < -0.3 is 19.1 Å². The predicted octanol–water partition coefficient (Wildman–Crippen LogP) is 2.33. The summed E-state index contributed by atoms with van der Waals surface area (Å²) in [4.78, 5) is 15.0. The molecule has 8 nitrogen and oxygen atoms in total. The highest BCUT2D eigenvalue weighted by atomic mass is 16.7. The second-order valence-corrected chi connectivity index (χ2v) is 5.31. The number of aliphatic hydroxyl groups is 1. The van der Waals surface area contributed by atoms with E-state index in [9.17, 15) is 15.2 Å². The molecular formula is C16H13N3O5. The first-order valence-corrected chi connectivity index (χ1v) is 7.33. The second kappa shape index (κ2) is 5.50. The first-order chi connectivity index (χ1) is 11.7. The molecule has 0 saturated heterocycles. The van der Waals surface area contributed by atoms with Crippen LogP contribution in [0.3, 0.4) is 0 Å². The Morgan fingerprint density at radius 2 is 1.92 bits per heavy atom. The molecule has 8 heteroatoms. The second-order valence-electron chi connectivity index (χ2n) is 5.31. The molecule has 0 unspecified atom stereocenters. The molecule has 2 aromatic carbocycles. The van der Waals surface area contributed by atoms with Gasteiger partial charge in [-0.15, -0.1) is 0 Å². The highest BCUT2D eigenvalue weighted by Gasteiger charge is 2.20. The van der Waals surface area contributed by atoms with E-state index in [0.717, 1.165) is 11.1 Å². The highest BCUT2D eigenvalue weighted by Crippen LogP contribution is 2.37. The minimum atomic E-state index is -0.445. The summed E-state index contributed by atoms with van der Waals surface area (Å²) in [7, 11) is 0. The molecule has 1 N–H and O–H groups in total. The fourth-order valence-corrected chi connectivity index (χ4v) is 2.79. The van der Waals surface area contributed by atoms with Gasteiger partial charge in [0.1, 0.15) is 5.82 Å². The molecule has 0 fully saturated rings. The standard InChI is InChI=1S/C16H13N3O5/c20-6-5-18-13-8-15-14(23-9-24-15)7-12(13)17-16(18)10-1-3-11(4-2-10)19(21)22/h1-4,7-8,20H,5-6,9H2. The van der Waals surface area contributed by atoms with Gasteiger partial charge in [0.05, 0.1) is 22.6 Å². The van der Waals surface area contributed by atoms with Gasteiger partial charge in [0.25, 0.3) is 5.69 Å². The van der Waals surface area contributed by atoms with Gasteiger partial charge in [0.15, 0.2) is 11.5 Å². The average molecular weight is 327 g/mol. The molecule has 1 aliphatic rings. The van der Waals surface area contributed by atoms with Crippen molar-refractivity contribution in [1.82, 2.24) is 9.55 Å². The first-order valence-electron chi connectivity index (χ1n) is 7.33. The monoisotopic (exact) mass is 327 g/mol. The Morgan fingerprint density at radius 3 is 2.58 bits per heavy atom. The van der Waals surface area contributed by atoms with Crippen LogP contribution in [0.2, 0.25) is 0 Å². The third-order valence-electron chi connectivity index (χ3n) is 3.90. The van der Waals surface area contributed by atoms with Crippen LogP contribution >= 0.6 is 0 Å². The topological polar surface area (TPSA) is 99.7 Å². The maximum Gasteiger partial charge on any atom is 0.269 e. The molecule has 0 atom stereocenters. The quantitative estimate of drug-likeness (QED) is 0.583. The van der Waals surface area contributed by atoms with Gasteiger partial charge >= 0.3 is 0 Å². The minimum Gasteiger partial charge on any atom is -0.454 e. The van der Waals surface area contributed by atoms with Crippen LogP contribution in [-0.2, 0) is 6.54 Å². The van der Waals surface area contributed by atoms with Crippen molar-refractivity contribution in [2.24, 2.45) is 0 Å². The lowest BCUT2D eigenvalue weighted by Gasteiger charge is -2.07. The molecule has 0 bridgehead atoms. The summed E-state index contributed by atoms with van der Waals surface area (Å²) in [6.07, 6.45) is 0. The van der Waals surface area contributed by atoms with Crippen LogP contribution in [0.5, 0.6) is 11.5 Å². The molecule has 1 aromatic heterocycles. The smallest absolute Gasteiger partial charge is 0.269 e. The zero-order chi connectivity index (χ0) is 16.7. The number of rotatable bonds is 4. The van der Waals surface area contributed by atoms with Gasteiger partial charge in [-0.2, -0.15) is 0 Å². The van der Waals surface area contributed by atoms with Gasteiger partial charge in [0.2, 0.25) is 6.79 Å². The third kappa shape index (κ3) is 2.24. The van der Waals surface area contributed by atoms with Crippen LogP contribution < -0.4 is 9.47 Å². The lowest BCUT2D eigenvalue weighted by atomic mass is 10.2. The first kappa shape index (κ1) is 14.5. The molecule has 0 spiro atoms. The lowest BCUT2D eigenvalue weighted by molar-refractivity contribution is -0.384. The summed E-state index contributed by atoms with van der Waals surface area (Å²) < 4.78 is 12.6. The zero-order valence-corrected chi connectivity index (χ0v) is 12.5. The van der Waals surface area contributed by atoms with Crippen molar-refractivity contribution in [1.29, 1.82) is 0 Å². The number of benzene rings is 2. The minimum absolute atomic E-state index is 0.0179. The average Bonchev–Trinajstić information content (AvgIpc) is 3.17. The molecule has 0 aliphatic carbocycles. The van der Waals surface area contributed by atoms with Gasteiger partial charge in [-0.1, -0.05) is 0 Å². The van der Waals surface area contributed by atoms with E-state index in [1.807, 2.05) is 10.6 Å². The molecular weight excluding hydrogens is 314 g/mol. The Kier molecular flexibility index (Phi) is 3.31.